The molecule has 2 heterocycles. The van der Waals surface area contributed by atoms with Gasteiger partial charge in [-0.1, -0.05) is 0 Å². The Kier molecular flexibility index (Phi) is 4.57. The van der Waals surface area contributed by atoms with Crippen LogP contribution in [0.3, 0.4) is 0 Å². The van der Waals surface area contributed by atoms with E-state index < -0.39 is 48.0 Å². The third kappa shape index (κ3) is 2.62. The van der Waals surface area contributed by atoms with Crippen LogP contribution in [0.2, 0.25) is 0 Å². The zero-order valence-electron chi connectivity index (χ0n) is 16.3. The Balaban J connectivity index is 1.81. The number of nitrogens with zero attached hydrogens (tertiary/aromatic N) is 4. The molecule has 172 valence electrons. The third-order valence-corrected chi connectivity index (χ3v) is 19.1. The Hall–Kier alpha value is -2.59. The van der Waals surface area contributed by atoms with Gasteiger partial charge in [-0.25, -0.2) is 0 Å². The molecular weight excluding hydrogens is 529 g/mol. The summed E-state index contributed by atoms with van der Waals surface area (Å²) < 4.78 is 82.0. The molecule has 6 nitrogen and oxygen atoms in total. The second-order valence-electron chi connectivity index (χ2n) is 7.16. The first kappa shape index (κ1) is 22.6. The van der Waals surface area contributed by atoms with Crippen molar-refractivity contribution in [2.24, 2.45) is 0 Å². The fraction of sp³-hybridized carbons (Fsp3) is 0.222. The van der Waals surface area contributed by atoms with E-state index in [4.69, 9.17) is 9.95 Å². The Bertz CT molecular complexity index is 1030. The topological polar surface area (TPSA) is 47.1 Å². The predicted molar refractivity (Wildman–Crippen MR) is 106 cm³/mol. The molecule has 4 amide bonds. The zero-order valence-corrected chi connectivity index (χ0v) is 18.9. The molecule has 2 aliphatic rings. The Morgan fingerprint density at radius 3 is 1.19 bits per heavy atom. The van der Waals surface area contributed by atoms with Crippen LogP contribution in [0.5, 0.6) is 0 Å². The van der Waals surface area contributed by atoms with E-state index in [1.54, 1.807) is 0 Å². The van der Waals surface area contributed by atoms with Crippen LogP contribution in [-0.2, 0) is 12.4 Å². The molecule has 32 heavy (non-hydrogen) atoms. The third-order valence-electron chi connectivity index (χ3n) is 5.51. The summed E-state index contributed by atoms with van der Waals surface area (Å²) >= 11 is -5.16. The zero-order chi connectivity index (χ0) is 23.9. The van der Waals surface area contributed by atoms with Crippen LogP contribution < -0.4 is 7.63 Å². The summed E-state index contributed by atoms with van der Waals surface area (Å²) in [5.41, 5.74) is -1.83. The summed E-state index contributed by atoms with van der Waals surface area (Å²) in [4.78, 5) is 25.5. The van der Waals surface area contributed by atoms with E-state index in [9.17, 15) is 35.9 Å². The predicted octanol–water partition coefficient (Wildman–Crippen LogP) is 5.29. The van der Waals surface area contributed by atoms with Crippen LogP contribution in [-0.4, -0.2) is 46.2 Å². The number of carbonyl (C=O) groups is 2. The van der Waals surface area contributed by atoms with Crippen LogP contribution in [0.4, 0.5) is 47.3 Å². The molecule has 0 saturated carbocycles. The minimum atomic E-state index is -5.16. The molecule has 0 unspecified atom stereocenters. The SMILES string of the molecule is CN1C(=O)N(c2ccc(C(F)(F)F)cc2)[As]12(Cl)N(C)C(=O)N2c1ccc(C(F)(F)F)cc1. The molecule has 0 bridgehead atoms. The normalized spacial score (nSPS) is 21.2. The van der Waals surface area contributed by atoms with Crippen LogP contribution >= 0.6 is 9.95 Å². The van der Waals surface area contributed by atoms with Crippen molar-refractivity contribution >= 4 is 45.8 Å². The van der Waals surface area contributed by atoms with Gasteiger partial charge in [0.2, 0.25) is 0 Å². The number of hydrogen-bond donors (Lipinski definition) is 0. The van der Waals surface area contributed by atoms with E-state index in [1.165, 1.54) is 14.1 Å². The van der Waals surface area contributed by atoms with Crippen molar-refractivity contribution in [3.05, 3.63) is 59.7 Å². The molecule has 2 aliphatic heterocycles. The number of alkyl halides is 6. The summed E-state index contributed by atoms with van der Waals surface area (Å²) in [6.45, 7) is 0. The van der Waals surface area contributed by atoms with Crippen molar-refractivity contribution in [1.29, 1.82) is 0 Å². The number of carbonyl (C=O) groups excluding carboxylic acids is 2. The first-order valence-corrected chi connectivity index (χ1v) is 14.7. The first-order chi connectivity index (χ1) is 14.6. The molecule has 2 fully saturated rings. The molecule has 2 saturated heterocycles. The molecular formula is C18H14AsClF6N4O2. The number of halogens is 7. The van der Waals surface area contributed by atoms with Crippen molar-refractivity contribution in [3.63, 3.8) is 0 Å². The van der Waals surface area contributed by atoms with Gasteiger partial charge in [-0.05, 0) is 0 Å². The minimum absolute atomic E-state index is 0.0263. The molecule has 14 heteroatoms. The average Bonchev–Trinajstić information content (AvgIpc) is 2.72. The van der Waals surface area contributed by atoms with Gasteiger partial charge in [0.05, 0.1) is 0 Å². The monoisotopic (exact) mass is 542 g/mol. The van der Waals surface area contributed by atoms with E-state index in [-0.39, 0.29) is 11.4 Å². The Morgan fingerprint density at radius 2 is 0.938 bits per heavy atom. The number of rotatable bonds is 2. The van der Waals surface area contributed by atoms with E-state index in [1.807, 2.05) is 0 Å². The Morgan fingerprint density at radius 1 is 0.656 bits per heavy atom. The number of anilines is 2. The number of benzene rings is 2. The molecule has 0 N–H and O–H groups in total. The molecule has 0 aromatic heterocycles. The summed E-state index contributed by atoms with van der Waals surface area (Å²) in [7, 11) is 9.75. The van der Waals surface area contributed by atoms with Gasteiger partial charge in [0.1, 0.15) is 0 Å². The second kappa shape index (κ2) is 6.48. The molecule has 0 radical (unpaired) electrons. The standard InChI is InChI=1S/C18H14AsClF6N4O2/c1-27-15(31)29(13-7-3-11(4-8-13)17(21,22)23)19(27,20)28(2)16(32)30(19)14-9-5-12(6-10-14)18(24,25)26/h3-10H,1-2H3. The van der Waals surface area contributed by atoms with Crippen LogP contribution in [0.1, 0.15) is 11.1 Å². The van der Waals surface area contributed by atoms with Crippen molar-refractivity contribution in [2.75, 3.05) is 21.7 Å². The van der Waals surface area contributed by atoms with Crippen molar-refractivity contribution < 1.29 is 35.9 Å². The van der Waals surface area contributed by atoms with Gasteiger partial charge < -0.3 is 0 Å². The second-order valence-corrected chi connectivity index (χ2v) is 18.0. The van der Waals surface area contributed by atoms with E-state index >= 15 is 0 Å². The summed E-state index contributed by atoms with van der Waals surface area (Å²) in [5.74, 6) is 0. The number of urea groups is 2. The van der Waals surface area contributed by atoms with Gasteiger partial charge in [-0.15, -0.1) is 0 Å². The van der Waals surface area contributed by atoms with Gasteiger partial charge in [-0.2, -0.15) is 0 Å². The van der Waals surface area contributed by atoms with Gasteiger partial charge in [0.15, 0.2) is 0 Å². The maximum atomic E-state index is 12.9. The van der Waals surface area contributed by atoms with E-state index in [0.717, 1.165) is 63.8 Å². The van der Waals surface area contributed by atoms with Gasteiger partial charge in [0.25, 0.3) is 0 Å². The summed E-state index contributed by atoms with van der Waals surface area (Å²) in [6, 6.07) is 6.02. The fourth-order valence-electron chi connectivity index (χ4n) is 3.82. The molecule has 1 spiro atoms. The molecule has 2 aromatic carbocycles. The quantitative estimate of drug-likeness (QED) is 0.382. The van der Waals surface area contributed by atoms with Gasteiger partial charge >= 0.3 is 183 Å². The average molecular weight is 543 g/mol. The molecule has 0 atom stereocenters. The fourth-order valence-corrected chi connectivity index (χ4v) is 14.6. The van der Waals surface area contributed by atoms with Crippen LogP contribution in [0, 0.1) is 0 Å². The van der Waals surface area contributed by atoms with Crippen molar-refractivity contribution in [3.8, 4) is 0 Å². The molecule has 2 aromatic rings. The maximum absolute atomic E-state index is 12.9. The van der Waals surface area contributed by atoms with Crippen molar-refractivity contribution in [1.82, 2.24) is 7.63 Å². The first-order valence-electron chi connectivity index (χ1n) is 8.89. The summed E-state index contributed by atoms with van der Waals surface area (Å²) in [5, 5.41) is 0. The van der Waals surface area contributed by atoms with Crippen LogP contribution in [0.25, 0.3) is 0 Å². The van der Waals surface area contributed by atoms with Crippen LogP contribution in [0.15, 0.2) is 48.5 Å². The molecule has 0 aliphatic carbocycles. The van der Waals surface area contributed by atoms with E-state index in [2.05, 4.69) is 0 Å². The molecule has 4 rings (SSSR count). The van der Waals surface area contributed by atoms with Gasteiger partial charge in [0, 0.05) is 0 Å². The summed E-state index contributed by atoms with van der Waals surface area (Å²) in [6.07, 6.45) is -9.19. The van der Waals surface area contributed by atoms with E-state index in [0.29, 0.717) is 0 Å². The Labute approximate surface area is 183 Å². The number of hydrogen-bond acceptors (Lipinski definition) is 2. The number of amides is 4. The van der Waals surface area contributed by atoms with Gasteiger partial charge in [-0.3, -0.25) is 0 Å². The van der Waals surface area contributed by atoms with Crippen molar-refractivity contribution in [2.45, 2.75) is 12.4 Å².